The van der Waals surface area contributed by atoms with Crippen molar-refractivity contribution in [2.45, 2.75) is 29.9 Å². The molecule has 0 aromatic carbocycles. The number of alkyl halides is 2. The Kier molecular flexibility index (Phi) is 2.59. The van der Waals surface area contributed by atoms with Crippen molar-refractivity contribution in [2.24, 2.45) is 5.73 Å². The number of rotatable bonds is 0. The molecule has 0 bridgehead atoms. The fourth-order valence-corrected chi connectivity index (χ4v) is 1.47. The zero-order valence-corrected chi connectivity index (χ0v) is 6.49. The second-order valence-corrected chi connectivity index (χ2v) is 3.27. The van der Waals surface area contributed by atoms with Crippen LogP contribution in [0.4, 0.5) is 0 Å². The first-order valence-electron chi connectivity index (χ1n) is 3.00. The van der Waals surface area contributed by atoms with Crippen molar-refractivity contribution >= 4 is 23.2 Å². The fourth-order valence-electron chi connectivity index (χ4n) is 0.865. The Balaban J connectivity index is 2.35. The van der Waals surface area contributed by atoms with E-state index in [1.807, 2.05) is 0 Å². The topological polar surface area (TPSA) is 38.0 Å². The van der Waals surface area contributed by atoms with Gasteiger partial charge in [-0.3, -0.25) is 5.32 Å². The highest BCUT2D eigenvalue weighted by molar-refractivity contribution is 6.23. The Morgan fingerprint density at radius 1 is 1.33 bits per heavy atom. The van der Waals surface area contributed by atoms with Gasteiger partial charge in [0.1, 0.15) is 0 Å². The predicted molar refractivity (Wildman–Crippen MR) is 39.6 cm³/mol. The van der Waals surface area contributed by atoms with Gasteiger partial charge in [0.15, 0.2) is 0 Å². The molecule has 4 heteroatoms. The van der Waals surface area contributed by atoms with Gasteiger partial charge in [0.25, 0.3) is 0 Å². The van der Waals surface area contributed by atoms with Crippen LogP contribution in [0, 0.1) is 0 Å². The summed E-state index contributed by atoms with van der Waals surface area (Å²) in [4.78, 5) is 0. The van der Waals surface area contributed by atoms with E-state index in [9.17, 15) is 0 Å². The first kappa shape index (κ1) is 7.61. The number of nitrogens with two attached hydrogens (primary N) is 1. The third-order valence-electron chi connectivity index (χ3n) is 1.47. The molecule has 1 fully saturated rings. The maximum Gasteiger partial charge on any atom is 0.0989 e. The summed E-state index contributed by atoms with van der Waals surface area (Å²) in [5, 5.41) is 2.93. The third-order valence-corrected chi connectivity index (χ3v) is 2.26. The minimum Gasteiger partial charge on any atom is -0.325 e. The molecule has 0 aromatic rings. The van der Waals surface area contributed by atoms with Gasteiger partial charge in [0.05, 0.1) is 11.0 Å². The Labute approximate surface area is 64.7 Å². The van der Waals surface area contributed by atoms with Crippen LogP contribution >= 0.6 is 23.2 Å². The van der Waals surface area contributed by atoms with Crippen LogP contribution in [-0.2, 0) is 0 Å². The fraction of sp³-hybridized carbons (Fsp3) is 1.00. The molecule has 1 saturated heterocycles. The molecule has 54 valence electrons. The average molecular weight is 169 g/mol. The molecule has 1 aliphatic heterocycles. The summed E-state index contributed by atoms with van der Waals surface area (Å²) in [7, 11) is 0. The number of piperidine rings is 1. The largest absolute Gasteiger partial charge is 0.325 e. The highest BCUT2D eigenvalue weighted by atomic mass is 35.5. The minimum absolute atomic E-state index is 0.00676. The SMILES string of the molecule is NC1CCC(Cl)NC1Cl. The summed E-state index contributed by atoms with van der Waals surface area (Å²) in [6.45, 7) is 0. The number of nitrogens with one attached hydrogen (secondary N) is 1. The quantitative estimate of drug-likeness (QED) is 0.416. The molecule has 1 aliphatic rings. The molecule has 9 heavy (non-hydrogen) atoms. The highest BCUT2D eigenvalue weighted by Gasteiger charge is 2.23. The van der Waals surface area contributed by atoms with Crippen LogP contribution in [0.1, 0.15) is 12.8 Å². The first-order chi connectivity index (χ1) is 4.20. The van der Waals surface area contributed by atoms with Gasteiger partial charge < -0.3 is 5.73 Å². The monoisotopic (exact) mass is 168 g/mol. The molecule has 3 unspecified atom stereocenters. The molecule has 0 amide bonds. The molecule has 1 rings (SSSR count). The van der Waals surface area contributed by atoms with Gasteiger partial charge in [-0.25, -0.2) is 0 Å². The molecule has 3 N–H and O–H groups in total. The summed E-state index contributed by atoms with van der Waals surface area (Å²) in [5.41, 5.74) is 5.44. The summed E-state index contributed by atoms with van der Waals surface area (Å²) < 4.78 is 0. The van der Waals surface area contributed by atoms with Crippen LogP contribution in [0.15, 0.2) is 0 Å². The summed E-state index contributed by atoms with van der Waals surface area (Å²) in [6.07, 6.45) is 1.82. The van der Waals surface area contributed by atoms with E-state index in [0.717, 1.165) is 12.8 Å². The lowest BCUT2D eigenvalue weighted by molar-refractivity contribution is 0.401. The van der Waals surface area contributed by atoms with E-state index in [2.05, 4.69) is 5.32 Å². The lowest BCUT2D eigenvalue weighted by Gasteiger charge is -2.28. The number of hydrogen-bond donors (Lipinski definition) is 2. The highest BCUT2D eigenvalue weighted by Crippen LogP contribution is 2.16. The third kappa shape index (κ3) is 1.97. The molecular weight excluding hydrogens is 159 g/mol. The normalized spacial score (nSPS) is 45.0. The van der Waals surface area contributed by atoms with Crippen molar-refractivity contribution in [1.82, 2.24) is 5.32 Å². The summed E-state index contributed by atoms with van der Waals surface area (Å²) in [6, 6.07) is 0.0571. The second kappa shape index (κ2) is 3.06. The first-order valence-corrected chi connectivity index (χ1v) is 3.87. The number of hydrogen-bond acceptors (Lipinski definition) is 2. The minimum atomic E-state index is -0.152. The van der Waals surface area contributed by atoms with E-state index in [1.165, 1.54) is 0 Å². The van der Waals surface area contributed by atoms with E-state index in [0.29, 0.717) is 0 Å². The van der Waals surface area contributed by atoms with Crippen molar-refractivity contribution in [3.8, 4) is 0 Å². The van der Waals surface area contributed by atoms with Crippen molar-refractivity contribution in [1.29, 1.82) is 0 Å². The van der Waals surface area contributed by atoms with Gasteiger partial charge >= 0.3 is 0 Å². The molecular formula is C5H10Cl2N2. The Hall–Kier alpha value is 0.500. The maximum absolute atomic E-state index is 5.74. The molecule has 1 heterocycles. The standard InChI is InChI=1S/C5H10Cl2N2/c6-4-2-1-3(8)5(7)9-4/h3-5,9H,1-2,8H2. The summed E-state index contributed by atoms with van der Waals surface area (Å²) >= 11 is 11.5. The Morgan fingerprint density at radius 2 is 2.00 bits per heavy atom. The van der Waals surface area contributed by atoms with Gasteiger partial charge in [-0.1, -0.05) is 0 Å². The van der Waals surface area contributed by atoms with E-state index in [4.69, 9.17) is 28.9 Å². The lowest BCUT2D eigenvalue weighted by Crippen LogP contribution is -2.49. The molecule has 0 aliphatic carbocycles. The van der Waals surface area contributed by atoms with Crippen molar-refractivity contribution < 1.29 is 0 Å². The summed E-state index contributed by atoms with van der Waals surface area (Å²) in [5.74, 6) is 0. The lowest BCUT2D eigenvalue weighted by atomic mass is 10.1. The van der Waals surface area contributed by atoms with E-state index >= 15 is 0 Å². The molecule has 2 nitrogen and oxygen atoms in total. The molecule has 3 atom stereocenters. The smallest absolute Gasteiger partial charge is 0.0989 e. The van der Waals surface area contributed by atoms with Gasteiger partial charge in [-0.05, 0) is 12.8 Å². The molecule has 0 saturated carbocycles. The van der Waals surface area contributed by atoms with Crippen LogP contribution in [0.5, 0.6) is 0 Å². The Morgan fingerprint density at radius 3 is 2.44 bits per heavy atom. The Bertz CT molecular complexity index is 99.0. The van der Waals surface area contributed by atoms with Crippen LogP contribution in [0.2, 0.25) is 0 Å². The van der Waals surface area contributed by atoms with Crippen molar-refractivity contribution in [3.63, 3.8) is 0 Å². The van der Waals surface area contributed by atoms with Gasteiger partial charge in [0.2, 0.25) is 0 Å². The van der Waals surface area contributed by atoms with Crippen molar-refractivity contribution in [2.75, 3.05) is 0 Å². The van der Waals surface area contributed by atoms with E-state index < -0.39 is 0 Å². The average Bonchev–Trinajstić information content (AvgIpc) is 1.80. The molecule has 0 aromatic heterocycles. The van der Waals surface area contributed by atoms with Gasteiger partial charge in [-0.2, -0.15) is 0 Å². The molecule has 0 spiro atoms. The maximum atomic E-state index is 5.74. The van der Waals surface area contributed by atoms with Crippen LogP contribution in [-0.4, -0.2) is 17.0 Å². The second-order valence-electron chi connectivity index (χ2n) is 2.28. The van der Waals surface area contributed by atoms with Crippen LogP contribution < -0.4 is 11.1 Å². The zero-order chi connectivity index (χ0) is 6.85. The molecule has 0 radical (unpaired) electrons. The zero-order valence-electron chi connectivity index (χ0n) is 4.98. The van der Waals surface area contributed by atoms with Crippen molar-refractivity contribution in [3.05, 3.63) is 0 Å². The van der Waals surface area contributed by atoms with Gasteiger partial charge in [-0.15, -0.1) is 23.2 Å². The van der Waals surface area contributed by atoms with Gasteiger partial charge in [0, 0.05) is 6.04 Å². The van der Waals surface area contributed by atoms with E-state index in [-0.39, 0.29) is 17.0 Å². The van der Waals surface area contributed by atoms with E-state index in [1.54, 1.807) is 0 Å². The number of halogens is 2. The predicted octanol–water partition coefficient (Wildman–Crippen LogP) is 0.827. The van der Waals surface area contributed by atoms with Crippen LogP contribution in [0.25, 0.3) is 0 Å². The van der Waals surface area contributed by atoms with Crippen LogP contribution in [0.3, 0.4) is 0 Å².